The number of anilines is 2. The van der Waals surface area contributed by atoms with Gasteiger partial charge in [-0.05, 0) is 49.0 Å². The lowest BCUT2D eigenvalue weighted by molar-refractivity contribution is -0.384. The first-order valence-corrected chi connectivity index (χ1v) is 11.3. The number of nitro benzene ring substituents is 1. The van der Waals surface area contributed by atoms with Crippen LogP contribution in [0.4, 0.5) is 17.1 Å². The van der Waals surface area contributed by atoms with Crippen LogP contribution in [0.25, 0.3) is 6.08 Å². The average molecular weight is 494 g/mol. The van der Waals surface area contributed by atoms with Gasteiger partial charge in [-0.1, -0.05) is 12.1 Å². The van der Waals surface area contributed by atoms with E-state index >= 15 is 0 Å². The van der Waals surface area contributed by atoms with Crippen molar-refractivity contribution >= 4 is 58.2 Å². The number of hydrogen-bond acceptors (Lipinski definition) is 7. The first-order chi connectivity index (χ1) is 16.7. The second-order valence-electron chi connectivity index (χ2n) is 8.29. The number of nitrogens with one attached hydrogen (secondary N) is 1. The van der Waals surface area contributed by atoms with Crippen molar-refractivity contribution in [3.63, 3.8) is 0 Å². The molecule has 0 saturated carbocycles. The van der Waals surface area contributed by atoms with Gasteiger partial charge in [-0.2, -0.15) is 0 Å². The highest BCUT2D eigenvalue weighted by molar-refractivity contribution is 7.80. The first-order valence-electron chi connectivity index (χ1n) is 10.9. The van der Waals surface area contributed by atoms with E-state index in [4.69, 9.17) is 12.2 Å². The topological polar surface area (TPSA) is 116 Å². The molecule has 0 unspecified atom stereocenters. The lowest BCUT2D eigenvalue weighted by Gasteiger charge is -2.36. The van der Waals surface area contributed by atoms with E-state index in [1.807, 2.05) is 17.9 Å². The number of piperazine rings is 1. The Hall–Kier alpha value is -4.12. The minimum Gasteiger partial charge on any atom is -0.367 e. The Balaban J connectivity index is 1.75. The molecule has 35 heavy (non-hydrogen) atoms. The summed E-state index contributed by atoms with van der Waals surface area (Å²) in [6.45, 7) is 5.39. The third-order valence-corrected chi connectivity index (χ3v) is 6.23. The molecule has 0 aromatic heterocycles. The van der Waals surface area contributed by atoms with Crippen LogP contribution in [0, 0.1) is 17.0 Å². The number of carbonyl (C=O) groups is 3. The molecule has 0 bridgehead atoms. The fraction of sp³-hybridized carbons (Fsp3) is 0.250. The summed E-state index contributed by atoms with van der Waals surface area (Å²) < 4.78 is 0. The van der Waals surface area contributed by atoms with Crippen molar-refractivity contribution in [1.82, 2.24) is 10.2 Å². The zero-order chi connectivity index (χ0) is 25.3. The number of thiocarbonyl (C=S) groups is 1. The van der Waals surface area contributed by atoms with Gasteiger partial charge in [0.2, 0.25) is 5.91 Å². The van der Waals surface area contributed by atoms with Crippen molar-refractivity contribution in [2.24, 2.45) is 0 Å². The van der Waals surface area contributed by atoms with Crippen LogP contribution in [0.3, 0.4) is 0 Å². The predicted molar refractivity (Wildman–Crippen MR) is 135 cm³/mol. The quantitative estimate of drug-likeness (QED) is 0.229. The molecule has 0 radical (unpaired) electrons. The molecule has 2 fully saturated rings. The van der Waals surface area contributed by atoms with Gasteiger partial charge in [0, 0.05) is 56.5 Å². The Morgan fingerprint density at radius 1 is 1.11 bits per heavy atom. The van der Waals surface area contributed by atoms with Crippen LogP contribution in [0.5, 0.6) is 0 Å². The van der Waals surface area contributed by atoms with Gasteiger partial charge < -0.3 is 9.80 Å². The molecule has 1 N–H and O–H groups in total. The van der Waals surface area contributed by atoms with E-state index in [1.165, 1.54) is 30.0 Å². The number of hydrogen-bond donors (Lipinski definition) is 1. The van der Waals surface area contributed by atoms with E-state index in [9.17, 15) is 24.5 Å². The van der Waals surface area contributed by atoms with Crippen molar-refractivity contribution in [1.29, 1.82) is 0 Å². The van der Waals surface area contributed by atoms with Gasteiger partial charge in [0.25, 0.3) is 17.5 Å². The highest BCUT2D eigenvalue weighted by Crippen LogP contribution is 2.30. The Bertz CT molecular complexity index is 1280. The maximum absolute atomic E-state index is 13.4. The zero-order valence-corrected chi connectivity index (χ0v) is 20.0. The predicted octanol–water partition coefficient (Wildman–Crippen LogP) is 2.40. The van der Waals surface area contributed by atoms with E-state index in [0.717, 1.165) is 5.56 Å². The van der Waals surface area contributed by atoms with Crippen molar-refractivity contribution in [2.75, 3.05) is 36.0 Å². The summed E-state index contributed by atoms with van der Waals surface area (Å²) in [5, 5.41) is 13.9. The van der Waals surface area contributed by atoms with Crippen LogP contribution in [0.15, 0.2) is 48.0 Å². The highest BCUT2D eigenvalue weighted by Gasteiger charge is 2.35. The van der Waals surface area contributed by atoms with Gasteiger partial charge in [0.05, 0.1) is 10.6 Å². The maximum atomic E-state index is 13.4. The van der Waals surface area contributed by atoms with E-state index < -0.39 is 16.7 Å². The smallest absolute Gasteiger partial charge is 0.270 e. The fourth-order valence-corrected chi connectivity index (χ4v) is 4.42. The van der Waals surface area contributed by atoms with Crippen molar-refractivity contribution in [3.05, 3.63) is 69.3 Å². The maximum Gasteiger partial charge on any atom is 0.270 e. The number of nitro groups is 1. The first kappa shape index (κ1) is 24.0. The Morgan fingerprint density at radius 3 is 2.46 bits per heavy atom. The third-order valence-electron chi connectivity index (χ3n) is 5.95. The molecule has 2 aromatic carbocycles. The van der Waals surface area contributed by atoms with Gasteiger partial charge in [0.15, 0.2) is 5.11 Å². The lowest BCUT2D eigenvalue weighted by Crippen LogP contribution is -2.54. The van der Waals surface area contributed by atoms with Gasteiger partial charge in [-0.15, -0.1) is 0 Å². The summed E-state index contributed by atoms with van der Waals surface area (Å²) in [4.78, 5) is 53.7. The van der Waals surface area contributed by atoms with Crippen molar-refractivity contribution < 1.29 is 19.3 Å². The summed E-state index contributed by atoms with van der Waals surface area (Å²) in [6.07, 6.45) is 1.36. The molecule has 2 heterocycles. The monoisotopic (exact) mass is 493 g/mol. The molecule has 3 amide bonds. The molecule has 2 aromatic rings. The summed E-state index contributed by atoms with van der Waals surface area (Å²) in [7, 11) is 0. The van der Waals surface area contributed by atoms with Crippen LogP contribution in [0.1, 0.15) is 18.1 Å². The fourth-order valence-electron chi connectivity index (χ4n) is 4.14. The molecular weight excluding hydrogens is 470 g/mol. The standard InChI is InChI=1S/C24H23N5O5S/c1-15-4-3-5-18(12-15)28-23(32)20(22(31)25-24(28)35)14-17-13-19(29(33)34)6-7-21(17)27-10-8-26(9-11-27)16(2)30/h3-7,12-14H,8-11H2,1-2H3,(H,25,31,35)/b20-14-. The molecule has 10 nitrogen and oxygen atoms in total. The molecule has 2 aliphatic rings. The van der Waals surface area contributed by atoms with Crippen LogP contribution >= 0.6 is 12.2 Å². The molecular formula is C24H23N5O5S. The largest absolute Gasteiger partial charge is 0.367 e. The van der Waals surface area contributed by atoms with Crippen LogP contribution in [0.2, 0.25) is 0 Å². The second kappa shape index (κ2) is 9.63. The number of carbonyl (C=O) groups excluding carboxylic acids is 3. The normalized spacial score (nSPS) is 17.6. The number of aryl methyl sites for hydroxylation is 1. The number of nitrogens with zero attached hydrogens (tertiary/aromatic N) is 4. The molecule has 4 rings (SSSR count). The van der Waals surface area contributed by atoms with E-state index in [1.54, 1.807) is 29.2 Å². The van der Waals surface area contributed by atoms with Crippen molar-refractivity contribution in [2.45, 2.75) is 13.8 Å². The average Bonchev–Trinajstić information content (AvgIpc) is 2.81. The Morgan fingerprint density at radius 2 is 1.83 bits per heavy atom. The van der Waals surface area contributed by atoms with Gasteiger partial charge in [0.1, 0.15) is 5.57 Å². The van der Waals surface area contributed by atoms with E-state index in [0.29, 0.717) is 43.1 Å². The minimum absolute atomic E-state index is 0.0210. The SMILES string of the molecule is CC(=O)N1CCN(c2ccc([N+](=O)[O-])cc2/C=C2/C(=O)NC(=S)N(c3cccc(C)c3)C2=O)CC1. The lowest BCUT2D eigenvalue weighted by atomic mass is 10.0. The Labute approximate surface area is 206 Å². The summed E-state index contributed by atoms with van der Waals surface area (Å²) in [5.74, 6) is -1.32. The molecule has 180 valence electrons. The highest BCUT2D eigenvalue weighted by atomic mass is 32.1. The number of rotatable bonds is 4. The number of amides is 3. The second-order valence-corrected chi connectivity index (χ2v) is 8.68. The van der Waals surface area contributed by atoms with Crippen LogP contribution < -0.4 is 15.1 Å². The molecule has 0 aliphatic carbocycles. The van der Waals surface area contributed by atoms with E-state index in [2.05, 4.69) is 5.32 Å². The molecule has 11 heteroatoms. The summed E-state index contributed by atoms with van der Waals surface area (Å²) in [6, 6.07) is 11.4. The minimum atomic E-state index is -0.678. The zero-order valence-electron chi connectivity index (χ0n) is 19.2. The van der Waals surface area contributed by atoms with Gasteiger partial charge in [-0.25, -0.2) is 0 Å². The molecule has 0 spiro atoms. The van der Waals surface area contributed by atoms with Crippen molar-refractivity contribution in [3.8, 4) is 0 Å². The molecule has 0 atom stereocenters. The van der Waals surface area contributed by atoms with Gasteiger partial charge in [-0.3, -0.25) is 34.7 Å². The molecule has 2 saturated heterocycles. The van der Waals surface area contributed by atoms with Gasteiger partial charge >= 0.3 is 0 Å². The van der Waals surface area contributed by atoms with Crippen LogP contribution in [-0.4, -0.2) is 58.8 Å². The number of benzene rings is 2. The summed E-state index contributed by atoms with van der Waals surface area (Å²) >= 11 is 5.26. The van der Waals surface area contributed by atoms with Crippen LogP contribution in [-0.2, 0) is 14.4 Å². The molecule has 2 aliphatic heterocycles. The Kier molecular flexibility index (Phi) is 6.61. The summed E-state index contributed by atoms with van der Waals surface area (Å²) in [5.41, 5.74) is 2.03. The third kappa shape index (κ3) is 4.90. The number of non-ortho nitro benzene ring substituents is 1. The van der Waals surface area contributed by atoms with E-state index in [-0.39, 0.29) is 22.3 Å².